The quantitative estimate of drug-likeness (QED) is 0.594. The van der Waals surface area contributed by atoms with Crippen LogP contribution in [0.3, 0.4) is 0 Å². The summed E-state index contributed by atoms with van der Waals surface area (Å²) < 4.78 is 5.57. The van der Waals surface area contributed by atoms with Gasteiger partial charge >= 0.3 is 0 Å². The van der Waals surface area contributed by atoms with Crippen molar-refractivity contribution in [2.75, 3.05) is 19.8 Å². The molecule has 3 N–H and O–H groups in total. The molecule has 4 heteroatoms. The van der Waals surface area contributed by atoms with Gasteiger partial charge in [-0.2, -0.15) is 0 Å². The van der Waals surface area contributed by atoms with Crippen LogP contribution in [0.4, 0.5) is 0 Å². The van der Waals surface area contributed by atoms with Crippen molar-refractivity contribution >= 4 is 0 Å². The second kappa shape index (κ2) is 11.5. The number of aliphatic hydroxyl groups excluding tert-OH is 3. The number of rotatable bonds is 9. The lowest BCUT2D eigenvalue weighted by Crippen LogP contribution is -2.37. The van der Waals surface area contributed by atoms with Gasteiger partial charge in [-0.15, -0.1) is 0 Å². The van der Waals surface area contributed by atoms with Crippen molar-refractivity contribution in [2.24, 2.45) is 28.6 Å². The molecular formula is C20H44O4. The minimum Gasteiger partial charge on any atom is -0.396 e. The third-order valence-corrected chi connectivity index (χ3v) is 4.20. The topological polar surface area (TPSA) is 69.9 Å². The van der Waals surface area contributed by atoms with Gasteiger partial charge in [0.2, 0.25) is 0 Å². The largest absolute Gasteiger partial charge is 0.396 e. The van der Waals surface area contributed by atoms with Crippen molar-refractivity contribution in [3.05, 3.63) is 0 Å². The molecule has 0 aromatic carbocycles. The summed E-state index contributed by atoms with van der Waals surface area (Å²) in [6.07, 6.45) is -0.716. The van der Waals surface area contributed by atoms with E-state index in [2.05, 4.69) is 27.7 Å². The van der Waals surface area contributed by atoms with Gasteiger partial charge in [0.15, 0.2) is 0 Å². The summed E-state index contributed by atoms with van der Waals surface area (Å²) >= 11 is 0. The molecule has 148 valence electrons. The Hall–Kier alpha value is -0.160. The lowest BCUT2D eigenvalue weighted by Gasteiger charge is -2.33. The Kier molecular flexibility index (Phi) is 12.4. The fourth-order valence-electron chi connectivity index (χ4n) is 2.54. The second-order valence-corrected chi connectivity index (χ2v) is 9.42. The minimum absolute atomic E-state index is 0.0341. The molecule has 0 radical (unpaired) electrons. The summed E-state index contributed by atoms with van der Waals surface area (Å²) in [5, 5.41) is 28.3. The van der Waals surface area contributed by atoms with Crippen LogP contribution in [0.5, 0.6) is 0 Å². The average molecular weight is 349 g/mol. The van der Waals surface area contributed by atoms with Crippen LogP contribution in [0, 0.1) is 28.6 Å². The molecule has 0 aromatic heterocycles. The van der Waals surface area contributed by atoms with Crippen molar-refractivity contribution < 1.29 is 20.1 Å². The van der Waals surface area contributed by atoms with Crippen LogP contribution in [0.15, 0.2) is 0 Å². The van der Waals surface area contributed by atoms with Gasteiger partial charge in [-0.1, -0.05) is 69.2 Å². The van der Waals surface area contributed by atoms with E-state index in [1.54, 1.807) is 0 Å². The number of hydrogen-bond donors (Lipinski definition) is 3. The maximum Gasteiger partial charge on any atom is 0.0636 e. The zero-order chi connectivity index (χ0) is 19.7. The van der Waals surface area contributed by atoms with Crippen molar-refractivity contribution in [3.63, 3.8) is 0 Å². The maximum absolute atomic E-state index is 9.94. The van der Waals surface area contributed by atoms with Gasteiger partial charge < -0.3 is 20.1 Å². The van der Waals surface area contributed by atoms with Crippen LogP contribution in [0.25, 0.3) is 0 Å². The molecule has 0 amide bonds. The van der Waals surface area contributed by atoms with Crippen molar-refractivity contribution in [2.45, 2.75) is 81.4 Å². The second-order valence-electron chi connectivity index (χ2n) is 9.42. The molecule has 0 fully saturated rings. The van der Waals surface area contributed by atoms with E-state index in [9.17, 15) is 10.2 Å². The molecule has 0 aliphatic rings. The van der Waals surface area contributed by atoms with Crippen molar-refractivity contribution in [3.8, 4) is 0 Å². The Balaban J connectivity index is 0. The van der Waals surface area contributed by atoms with E-state index < -0.39 is 6.10 Å². The molecule has 0 aliphatic carbocycles. The molecule has 0 rings (SSSR count). The first-order valence-corrected chi connectivity index (χ1v) is 9.23. The van der Waals surface area contributed by atoms with E-state index >= 15 is 0 Å². The fourth-order valence-corrected chi connectivity index (χ4v) is 2.54. The predicted molar refractivity (Wildman–Crippen MR) is 102 cm³/mol. The molecule has 2 atom stereocenters. The lowest BCUT2D eigenvalue weighted by molar-refractivity contribution is -0.0491. The van der Waals surface area contributed by atoms with E-state index in [1.165, 1.54) is 0 Å². The summed E-state index contributed by atoms with van der Waals surface area (Å²) in [5.74, 6) is 1.05. The Labute approximate surface area is 150 Å². The number of aliphatic hydroxyl groups is 3. The Morgan fingerprint density at radius 2 is 1.12 bits per heavy atom. The first-order chi connectivity index (χ1) is 10.7. The zero-order valence-electron chi connectivity index (χ0n) is 17.8. The Morgan fingerprint density at radius 3 is 1.38 bits per heavy atom. The molecule has 0 heterocycles. The molecule has 0 saturated heterocycles. The standard InChI is InChI=1S/C12H26O2.C8H18O2/c1-9(2)7-14-8-12(5,6)11(13)10(3)4;1-6(2)7(10)8(3,4)5-9/h9-11,13H,7-8H2,1-6H3;6-7,9-10H,5H2,1-4H3. The van der Waals surface area contributed by atoms with Crippen LogP contribution in [-0.4, -0.2) is 47.3 Å². The van der Waals surface area contributed by atoms with Crippen LogP contribution < -0.4 is 0 Å². The first-order valence-electron chi connectivity index (χ1n) is 9.23. The van der Waals surface area contributed by atoms with E-state index in [0.717, 1.165) is 6.61 Å². The molecule has 0 spiro atoms. The van der Waals surface area contributed by atoms with Crippen LogP contribution in [-0.2, 0) is 4.74 Å². The van der Waals surface area contributed by atoms with Gasteiger partial charge in [0.05, 0.1) is 25.4 Å². The molecular weight excluding hydrogens is 304 g/mol. The highest BCUT2D eigenvalue weighted by molar-refractivity contribution is 4.80. The Bertz CT molecular complexity index is 309. The van der Waals surface area contributed by atoms with Crippen LogP contribution >= 0.6 is 0 Å². The van der Waals surface area contributed by atoms with E-state index in [-0.39, 0.29) is 35.4 Å². The van der Waals surface area contributed by atoms with Gasteiger partial charge in [-0.05, 0) is 17.8 Å². The summed E-state index contributed by atoms with van der Waals surface area (Å²) in [6, 6.07) is 0. The van der Waals surface area contributed by atoms with E-state index in [4.69, 9.17) is 9.84 Å². The summed E-state index contributed by atoms with van der Waals surface area (Å²) in [4.78, 5) is 0. The highest BCUT2D eigenvalue weighted by Gasteiger charge is 2.30. The van der Waals surface area contributed by atoms with Gasteiger partial charge in [-0.25, -0.2) is 0 Å². The summed E-state index contributed by atoms with van der Waals surface area (Å²) in [5.41, 5.74) is -0.517. The molecule has 0 bridgehead atoms. The maximum atomic E-state index is 9.94. The third-order valence-electron chi connectivity index (χ3n) is 4.20. The van der Waals surface area contributed by atoms with E-state index in [0.29, 0.717) is 12.5 Å². The highest BCUT2D eigenvalue weighted by atomic mass is 16.5. The zero-order valence-corrected chi connectivity index (χ0v) is 17.8. The van der Waals surface area contributed by atoms with Crippen LogP contribution in [0.2, 0.25) is 0 Å². The van der Waals surface area contributed by atoms with Gasteiger partial charge in [-0.3, -0.25) is 0 Å². The smallest absolute Gasteiger partial charge is 0.0636 e. The predicted octanol–water partition coefficient (Wildman–Crippen LogP) is 3.72. The number of ether oxygens (including phenoxy) is 1. The van der Waals surface area contributed by atoms with E-state index in [1.807, 2.05) is 41.5 Å². The summed E-state index contributed by atoms with van der Waals surface area (Å²) in [6.45, 7) is 21.5. The third kappa shape index (κ3) is 10.7. The molecule has 4 nitrogen and oxygen atoms in total. The lowest BCUT2D eigenvalue weighted by atomic mass is 9.81. The van der Waals surface area contributed by atoms with Crippen molar-refractivity contribution in [1.29, 1.82) is 0 Å². The van der Waals surface area contributed by atoms with Gasteiger partial charge in [0.1, 0.15) is 0 Å². The molecule has 2 unspecified atom stereocenters. The van der Waals surface area contributed by atoms with Crippen LogP contribution in [0.1, 0.15) is 69.2 Å². The Morgan fingerprint density at radius 1 is 0.750 bits per heavy atom. The average Bonchev–Trinajstić information content (AvgIpc) is 2.45. The normalized spacial score (nSPS) is 15.5. The molecule has 0 saturated carbocycles. The highest BCUT2D eigenvalue weighted by Crippen LogP contribution is 2.26. The molecule has 24 heavy (non-hydrogen) atoms. The minimum atomic E-state index is -0.419. The first kappa shape index (κ1) is 26.1. The number of hydrogen-bond acceptors (Lipinski definition) is 4. The monoisotopic (exact) mass is 348 g/mol. The summed E-state index contributed by atoms with van der Waals surface area (Å²) in [7, 11) is 0. The van der Waals surface area contributed by atoms with Gasteiger partial charge in [0, 0.05) is 17.4 Å². The SMILES string of the molecule is CC(C)C(O)C(C)(C)CO.CC(C)COCC(C)(C)C(O)C(C)C. The molecule has 0 aliphatic heterocycles. The molecule has 0 aromatic rings. The van der Waals surface area contributed by atoms with Crippen molar-refractivity contribution in [1.82, 2.24) is 0 Å². The van der Waals surface area contributed by atoms with Gasteiger partial charge in [0.25, 0.3) is 0 Å². The fraction of sp³-hybridized carbons (Fsp3) is 1.00.